The van der Waals surface area contributed by atoms with E-state index in [9.17, 15) is 9.90 Å². The van der Waals surface area contributed by atoms with Gasteiger partial charge in [-0.15, -0.1) is 0 Å². The predicted molar refractivity (Wildman–Crippen MR) is 76.9 cm³/mol. The lowest BCUT2D eigenvalue weighted by molar-refractivity contribution is 0.0650. The summed E-state index contributed by atoms with van der Waals surface area (Å²) in [7, 11) is 0. The van der Waals surface area contributed by atoms with Crippen LogP contribution in [-0.4, -0.2) is 23.8 Å². The molecule has 0 heterocycles. The quantitative estimate of drug-likeness (QED) is 0.780. The first-order valence-electron chi connectivity index (χ1n) is 6.55. The van der Waals surface area contributed by atoms with Crippen LogP contribution in [0.3, 0.4) is 0 Å². The van der Waals surface area contributed by atoms with Gasteiger partial charge in [-0.25, -0.2) is 4.79 Å². The van der Waals surface area contributed by atoms with Gasteiger partial charge in [0.05, 0.1) is 6.10 Å². The minimum Gasteiger partial charge on any atom is -0.391 e. The van der Waals surface area contributed by atoms with Gasteiger partial charge in [0, 0.05) is 13.1 Å². The molecule has 0 aromatic heterocycles. The summed E-state index contributed by atoms with van der Waals surface area (Å²) in [5, 5.41) is 15.3. The van der Waals surface area contributed by atoms with Crippen LogP contribution in [0.1, 0.15) is 31.9 Å². The van der Waals surface area contributed by atoms with Gasteiger partial charge in [-0.2, -0.15) is 0 Å². The lowest BCUT2D eigenvalue weighted by Gasteiger charge is -2.25. The van der Waals surface area contributed by atoms with Crippen LogP contribution in [0, 0.1) is 12.3 Å². The van der Waals surface area contributed by atoms with E-state index in [0.717, 1.165) is 11.1 Å². The highest BCUT2D eigenvalue weighted by molar-refractivity contribution is 5.73. The molecule has 0 spiro atoms. The van der Waals surface area contributed by atoms with Crippen LogP contribution in [0.15, 0.2) is 24.3 Å². The third-order valence-corrected chi connectivity index (χ3v) is 3.16. The lowest BCUT2D eigenvalue weighted by Crippen LogP contribution is -2.43. The van der Waals surface area contributed by atoms with Gasteiger partial charge in [0.1, 0.15) is 0 Å². The molecule has 0 aliphatic rings. The highest BCUT2D eigenvalue weighted by Crippen LogP contribution is 2.17. The molecule has 0 fully saturated rings. The van der Waals surface area contributed by atoms with Crippen molar-refractivity contribution in [2.75, 3.05) is 6.54 Å². The topological polar surface area (TPSA) is 61.4 Å². The molecule has 0 saturated heterocycles. The maximum absolute atomic E-state index is 11.6. The van der Waals surface area contributed by atoms with Gasteiger partial charge < -0.3 is 15.7 Å². The van der Waals surface area contributed by atoms with Crippen molar-refractivity contribution in [1.29, 1.82) is 0 Å². The van der Waals surface area contributed by atoms with Crippen molar-refractivity contribution in [2.24, 2.45) is 5.41 Å². The van der Waals surface area contributed by atoms with Crippen molar-refractivity contribution in [1.82, 2.24) is 10.6 Å². The molecule has 4 heteroatoms. The Morgan fingerprint density at radius 3 is 2.47 bits per heavy atom. The summed E-state index contributed by atoms with van der Waals surface area (Å²) >= 11 is 0. The Labute approximate surface area is 115 Å². The standard InChI is InChI=1S/C15H24N2O2/c1-11-7-5-6-8-12(11)9-16-14(19)17-10-13(18)15(2,3)4/h5-8,13,18H,9-10H2,1-4H3,(H2,16,17,19). The molecule has 1 atom stereocenters. The summed E-state index contributed by atoms with van der Waals surface area (Å²) in [5.74, 6) is 0. The molecule has 0 bridgehead atoms. The lowest BCUT2D eigenvalue weighted by atomic mass is 9.89. The Balaban J connectivity index is 2.35. The number of hydrogen-bond donors (Lipinski definition) is 3. The van der Waals surface area contributed by atoms with Crippen LogP contribution in [0.5, 0.6) is 0 Å². The van der Waals surface area contributed by atoms with Gasteiger partial charge >= 0.3 is 6.03 Å². The average Bonchev–Trinajstić information content (AvgIpc) is 2.33. The molecule has 0 radical (unpaired) electrons. The highest BCUT2D eigenvalue weighted by Gasteiger charge is 2.22. The van der Waals surface area contributed by atoms with Crippen LogP contribution in [-0.2, 0) is 6.54 Å². The number of hydrogen-bond acceptors (Lipinski definition) is 2. The van der Waals surface area contributed by atoms with Crippen molar-refractivity contribution in [2.45, 2.75) is 40.3 Å². The summed E-state index contributed by atoms with van der Waals surface area (Å²) in [5.41, 5.74) is 2.01. The van der Waals surface area contributed by atoms with E-state index in [0.29, 0.717) is 6.54 Å². The number of carbonyl (C=O) groups is 1. The molecule has 2 amide bonds. The minimum atomic E-state index is -0.559. The molecule has 3 N–H and O–H groups in total. The van der Waals surface area contributed by atoms with Crippen molar-refractivity contribution in [3.05, 3.63) is 35.4 Å². The van der Waals surface area contributed by atoms with Crippen molar-refractivity contribution in [3.8, 4) is 0 Å². The zero-order valence-electron chi connectivity index (χ0n) is 12.2. The number of carbonyl (C=O) groups excluding carboxylic acids is 1. The van der Waals surface area contributed by atoms with Gasteiger partial charge in [-0.1, -0.05) is 45.0 Å². The zero-order valence-corrected chi connectivity index (χ0v) is 12.2. The number of amides is 2. The molecule has 0 aliphatic heterocycles. The van der Waals surface area contributed by atoms with Crippen LogP contribution >= 0.6 is 0 Å². The number of benzene rings is 1. The van der Waals surface area contributed by atoms with Crippen molar-refractivity contribution < 1.29 is 9.90 Å². The van der Waals surface area contributed by atoms with E-state index in [2.05, 4.69) is 10.6 Å². The predicted octanol–water partition coefficient (Wildman–Crippen LogP) is 2.20. The van der Waals surface area contributed by atoms with E-state index in [1.54, 1.807) is 0 Å². The number of nitrogens with one attached hydrogen (secondary N) is 2. The molecule has 0 aliphatic carbocycles. The fourth-order valence-electron chi connectivity index (χ4n) is 1.54. The first kappa shape index (κ1) is 15.5. The molecular weight excluding hydrogens is 240 g/mol. The first-order chi connectivity index (χ1) is 8.80. The fraction of sp³-hybridized carbons (Fsp3) is 0.533. The number of urea groups is 1. The van der Waals surface area contributed by atoms with E-state index >= 15 is 0 Å². The molecule has 1 aromatic carbocycles. The summed E-state index contributed by atoms with van der Waals surface area (Å²) < 4.78 is 0. The molecule has 106 valence electrons. The smallest absolute Gasteiger partial charge is 0.315 e. The van der Waals surface area contributed by atoms with Gasteiger partial charge in [0.15, 0.2) is 0 Å². The largest absolute Gasteiger partial charge is 0.391 e. The van der Waals surface area contributed by atoms with Crippen LogP contribution < -0.4 is 10.6 Å². The maximum atomic E-state index is 11.6. The molecule has 1 unspecified atom stereocenters. The van der Waals surface area contributed by atoms with E-state index < -0.39 is 6.10 Å². The Morgan fingerprint density at radius 2 is 1.89 bits per heavy atom. The Bertz CT molecular complexity index is 424. The molecule has 0 saturated carbocycles. The molecular formula is C15H24N2O2. The van der Waals surface area contributed by atoms with E-state index in [1.165, 1.54) is 0 Å². The molecule has 4 nitrogen and oxygen atoms in total. The van der Waals surface area contributed by atoms with E-state index in [-0.39, 0.29) is 18.0 Å². The molecule has 19 heavy (non-hydrogen) atoms. The Hall–Kier alpha value is -1.55. The van der Waals surface area contributed by atoms with Crippen LogP contribution in [0.4, 0.5) is 4.79 Å². The Morgan fingerprint density at radius 1 is 1.26 bits per heavy atom. The van der Waals surface area contributed by atoms with E-state index in [1.807, 2.05) is 52.0 Å². The van der Waals surface area contributed by atoms with Gasteiger partial charge in [0.25, 0.3) is 0 Å². The van der Waals surface area contributed by atoms with Crippen LogP contribution in [0.2, 0.25) is 0 Å². The number of rotatable bonds is 4. The normalized spacial score (nSPS) is 12.9. The van der Waals surface area contributed by atoms with Crippen molar-refractivity contribution >= 4 is 6.03 Å². The molecule has 1 aromatic rings. The SMILES string of the molecule is Cc1ccccc1CNC(=O)NCC(O)C(C)(C)C. The minimum absolute atomic E-state index is 0.233. The number of aryl methyl sites for hydroxylation is 1. The van der Waals surface area contributed by atoms with Gasteiger partial charge in [-0.3, -0.25) is 0 Å². The summed E-state index contributed by atoms with van der Waals surface area (Å²) in [6, 6.07) is 7.66. The Kier molecular flexibility index (Phi) is 5.36. The van der Waals surface area contributed by atoms with E-state index in [4.69, 9.17) is 0 Å². The number of aliphatic hydroxyl groups excluding tert-OH is 1. The first-order valence-corrected chi connectivity index (χ1v) is 6.55. The monoisotopic (exact) mass is 264 g/mol. The average molecular weight is 264 g/mol. The van der Waals surface area contributed by atoms with Gasteiger partial charge in [0.2, 0.25) is 0 Å². The second-order valence-corrected chi connectivity index (χ2v) is 5.87. The highest BCUT2D eigenvalue weighted by atomic mass is 16.3. The van der Waals surface area contributed by atoms with Crippen molar-refractivity contribution in [3.63, 3.8) is 0 Å². The summed E-state index contributed by atoms with van der Waals surface area (Å²) in [6.07, 6.45) is -0.559. The van der Waals surface area contributed by atoms with Crippen LogP contribution in [0.25, 0.3) is 0 Å². The summed E-state index contributed by atoms with van der Waals surface area (Å²) in [6.45, 7) is 8.56. The molecule has 1 rings (SSSR count). The third-order valence-electron chi connectivity index (χ3n) is 3.16. The van der Waals surface area contributed by atoms with Gasteiger partial charge in [-0.05, 0) is 23.5 Å². The zero-order chi connectivity index (χ0) is 14.5. The number of aliphatic hydroxyl groups is 1. The second kappa shape index (κ2) is 6.57. The third kappa shape index (κ3) is 5.30. The summed E-state index contributed by atoms with van der Waals surface area (Å²) in [4.78, 5) is 11.6. The maximum Gasteiger partial charge on any atom is 0.315 e. The second-order valence-electron chi connectivity index (χ2n) is 5.87. The fourth-order valence-corrected chi connectivity index (χ4v) is 1.54.